The van der Waals surface area contributed by atoms with Gasteiger partial charge in [-0.25, -0.2) is 0 Å². The highest BCUT2D eigenvalue weighted by Gasteiger charge is 2.12. The fraction of sp³-hybridized carbons (Fsp3) is 0.647. The van der Waals surface area contributed by atoms with E-state index >= 15 is 0 Å². The van der Waals surface area contributed by atoms with Crippen LogP contribution < -0.4 is 10.6 Å². The highest BCUT2D eigenvalue weighted by atomic mass is 14.8. The number of nitrogens with one attached hydrogen (secondary N) is 2. The van der Waals surface area contributed by atoms with Gasteiger partial charge in [-0.05, 0) is 62.5 Å². The molecule has 0 aliphatic heterocycles. The maximum atomic E-state index is 3.51. The predicted molar refractivity (Wildman–Crippen MR) is 84.9 cm³/mol. The number of unbranched alkanes of at least 4 members (excludes halogenated alkanes) is 1. The van der Waals surface area contributed by atoms with Crippen LogP contribution in [0.1, 0.15) is 44.7 Å². The molecule has 108 valence electrons. The van der Waals surface area contributed by atoms with Crippen molar-refractivity contribution in [3.05, 3.63) is 35.4 Å². The maximum Gasteiger partial charge on any atom is -0.000835 e. The molecule has 2 heteroatoms. The van der Waals surface area contributed by atoms with Crippen LogP contribution in [0.2, 0.25) is 0 Å². The Balaban J connectivity index is 2.20. The van der Waals surface area contributed by atoms with Crippen molar-refractivity contribution >= 4 is 0 Å². The minimum absolute atomic E-state index is 0.254. The molecule has 0 aliphatic carbocycles. The first kappa shape index (κ1) is 16.2. The molecule has 1 rings (SSSR count). The topological polar surface area (TPSA) is 24.1 Å². The number of hydrogen-bond acceptors (Lipinski definition) is 2. The number of hydrogen-bond donors (Lipinski definition) is 2. The summed E-state index contributed by atoms with van der Waals surface area (Å²) < 4.78 is 0. The molecular formula is C17H30N2. The lowest BCUT2D eigenvalue weighted by Crippen LogP contribution is -2.20. The molecule has 0 amide bonds. The largest absolute Gasteiger partial charge is 0.320 e. The Morgan fingerprint density at radius 2 is 1.53 bits per heavy atom. The van der Waals surface area contributed by atoms with E-state index < -0.39 is 0 Å². The summed E-state index contributed by atoms with van der Waals surface area (Å²) in [4.78, 5) is 0. The summed E-state index contributed by atoms with van der Waals surface area (Å²) in [6, 6.07) is 9.07. The van der Waals surface area contributed by atoms with Crippen molar-refractivity contribution in [2.75, 3.05) is 26.7 Å². The maximum absolute atomic E-state index is 3.51. The molecule has 0 radical (unpaired) electrons. The van der Waals surface area contributed by atoms with E-state index in [0.29, 0.717) is 0 Å². The van der Waals surface area contributed by atoms with Crippen molar-refractivity contribution in [3.8, 4) is 0 Å². The van der Waals surface area contributed by atoms with E-state index in [1.807, 2.05) is 7.05 Å². The van der Waals surface area contributed by atoms with Crippen molar-refractivity contribution < 1.29 is 0 Å². The smallest absolute Gasteiger partial charge is 0.000835 e. The molecule has 2 N–H and O–H groups in total. The third-order valence-electron chi connectivity index (χ3n) is 3.44. The van der Waals surface area contributed by atoms with Gasteiger partial charge >= 0.3 is 0 Å². The Labute approximate surface area is 119 Å². The van der Waals surface area contributed by atoms with Crippen LogP contribution in [-0.2, 0) is 11.8 Å². The molecule has 0 aromatic heterocycles. The zero-order chi connectivity index (χ0) is 14.1. The quantitative estimate of drug-likeness (QED) is 0.703. The first-order valence-electron chi connectivity index (χ1n) is 7.49. The van der Waals surface area contributed by atoms with E-state index in [1.54, 1.807) is 0 Å². The fourth-order valence-corrected chi connectivity index (χ4v) is 2.08. The second kappa shape index (κ2) is 8.34. The van der Waals surface area contributed by atoms with Gasteiger partial charge in [0.15, 0.2) is 0 Å². The van der Waals surface area contributed by atoms with E-state index in [0.717, 1.165) is 26.1 Å². The second-order valence-electron chi connectivity index (χ2n) is 6.26. The number of rotatable bonds is 8. The third-order valence-corrected chi connectivity index (χ3v) is 3.44. The molecule has 0 heterocycles. The molecule has 0 spiro atoms. The summed E-state index contributed by atoms with van der Waals surface area (Å²) in [6.45, 7) is 10.1. The number of benzene rings is 1. The molecule has 0 atom stereocenters. The van der Waals surface area contributed by atoms with E-state index in [-0.39, 0.29) is 5.41 Å². The van der Waals surface area contributed by atoms with Gasteiger partial charge in [-0.15, -0.1) is 0 Å². The molecule has 0 saturated heterocycles. The summed E-state index contributed by atoms with van der Waals surface area (Å²) in [5.41, 5.74) is 3.09. The summed E-state index contributed by atoms with van der Waals surface area (Å²) in [5.74, 6) is 0. The summed E-state index contributed by atoms with van der Waals surface area (Å²) in [7, 11) is 2.01. The standard InChI is InChI=1S/C17H30N2/c1-17(2,3)16-9-7-15(8-10-16)11-14-19-13-6-5-12-18-4/h7-10,18-19H,5-6,11-14H2,1-4H3. The highest BCUT2D eigenvalue weighted by molar-refractivity contribution is 5.27. The lowest BCUT2D eigenvalue weighted by molar-refractivity contribution is 0.589. The Hall–Kier alpha value is -0.860. The van der Waals surface area contributed by atoms with Gasteiger partial charge in [0, 0.05) is 0 Å². The van der Waals surface area contributed by atoms with Crippen LogP contribution in [0.15, 0.2) is 24.3 Å². The van der Waals surface area contributed by atoms with Gasteiger partial charge in [0.25, 0.3) is 0 Å². The molecule has 0 saturated carbocycles. The average molecular weight is 262 g/mol. The minimum atomic E-state index is 0.254. The van der Waals surface area contributed by atoms with Crippen LogP contribution in [-0.4, -0.2) is 26.7 Å². The van der Waals surface area contributed by atoms with Gasteiger partial charge in [-0.2, -0.15) is 0 Å². The van der Waals surface area contributed by atoms with E-state index in [1.165, 1.54) is 24.0 Å². The lowest BCUT2D eigenvalue weighted by atomic mass is 9.86. The first-order valence-corrected chi connectivity index (χ1v) is 7.49. The fourth-order valence-electron chi connectivity index (χ4n) is 2.08. The van der Waals surface area contributed by atoms with Crippen molar-refractivity contribution in [3.63, 3.8) is 0 Å². The lowest BCUT2D eigenvalue weighted by Gasteiger charge is -2.19. The van der Waals surface area contributed by atoms with E-state index in [2.05, 4.69) is 55.7 Å². The zero-order valence-corrected chi connectivity index (χ0v) is 13.1. The van der Waals surface area contributed by atoms with Crippen LogP contribution in [0.4, 0.5) is 0 Å². The molecule has 2 nitrogen and oxygen atoms in total. The van der Waals surface area contributed by atoms with Gasteiger partial charge in [0.05, 0.1) is 0 Å². The van der Waals surface area contributed by atoms with Gasteiger partial charge in [-0.1, -0.05) is 45.0 Å². The molecule has 1 aromatic rings. The summed E-state index contributed by atoms with van der Waals surface area (Å²) in [5, 5.41) is 6.68. The molecule has 0 bridgehead atoms. The Morgan fingerprint density at radius 3 is 2.11 bits per heavy atom. The van der Waals surface area contributed by atoms with Crippen LogP contribution in [0.25, 0.3) is 0 Å². The third kappa shape index (κ3) is 6.74. The monoisotopic (exact) mass is 262 g/mol. The Bertz CT molecular complexity index is 335. The van der Waals surface area contributed by atoms with E-state index in [9.17, 15) is 0 Å². The van der Waals surface area contributed by atoms with Crippen molar-refractivity contribution in [2.24, 2.45) is 0 Å². The molecule has 0 aliphatic rings. The Morgan fingerprint density at radius 1 is 0.895 bits per heavy atom. The average Bonchev–Trinajstić information content (AvgIpc) is 2.37. The van der Waals surface area contributed by atoms with Crippen molar-refractivity contribution in [2.45, 2.75) is 45.4 Å². The van der Waals surface area contributed by atoms with Crippen molar-refractivity contribution in [1.29, 1.82) is 0 Å². The first-order chi connectivity index (χ1) is 9.04. The second-order valence-corrected chi connectivity index (χ2v) is 6.26. The summed E-state index contributed by atoms with van der Waals surface area (Å²) in [6.07, 6.45) is 3.63. The van der Waals surface area contributed by atoms with E-state index in [4.69, 9.17) is 0 Å². The van der Waals surface area contributed by atoms with Gasteiger partial charge in [0.1, 0.15) is 0 Å². The molecule has 0 fully saturated rings. The van der Waals surface area contributed by atoms with Crippen LogP contribution >= 0.6 is 0 Å². The Kier molecular flexibility index (Phi) is 7.11. The minimum Gasteiger partial charge on any atom is -0.320 e. The highest BCUT2D eigenvalue weighted by Crippen LogP contribution is 2.22. The zero-order valence-electron chi connectivity index (χ0n) is 13.1. The summed E-state index contributed by atoms with van der Waals surface area (Å²) >= 11 is 0. The molecule has 1 aromatic carbocycles. The normalized spacial score (nSPS) is 11.8. The van der Waals surface area contributed by atoms with Crippen LogP contribution in [0, 0.1) is 0 Å². The van der Waals surface area contributed by atoms with Crippen LogP contribution in [0.5, 0.6) is 0 Å². The van der Waals surface area contributed by atoms with Gasteiger partial charge in [-0.3, -0.25) is 0 Å². The van der Waals surface area contributed by atoms with Crippen molar-refractivity contribution in [1.82, 2.24) is 10.6 Å². The molecular weight excluding hydrogens is 232 g/mol. The van der Waals surface area contributed by atoms with Gasteiger partial charge in [0.2, 0.25) is 0 Å². The predicted octanol–water partition coefficient (Wildman–Crippen LogP) is 3.12. The molecule has 0 unspecified atom stereocenters. The SMILES string of the molecule is CNCCCCNCCc1ccc(C(C)(C)C)cc1. The van der Waals surface area contributed by atoms with Gasteiger partial charge < -0.3 is 10.6 Å². The molecule has 19 heavy (non-hydrogen) atoms. The van der Waals surface area contributed by atoms with Crippen LogP contribution in [0.3, 0.4) is 0 Å².